The van der Waals surface area contributed by atoms with Gasteiger partial charge < -0.3 is 9.47 Å². The van der Waals surface area contributed by atoms with E-state index in [9.17, 15) is 13.2 Å². The summed E-state index contributed by atoms with van der Waals surface area (Å²) in [6, 6.07) is 1.80. The van der Waals surface area contributed by atoms with Crippen LogP contribution in [0.2, 0.25) is 0 Å². The standard InChI is InChI=1S/C24H36N4O3S2/c1-17-22(24(29)28-14-10-5-6-11-15-28)32-23(25-17)20-16-21(18(2)26(20)3)33(30,31)27(4)19-12-8-7-9-13-19/h16,19H,5-15H2,1-4H3. The smallest absolute Gasteiger partial charge is 0.265 e. The van der Waals surface area contributed by atoms with Gasteiger partial charge in [0.2, 0.25) is 10.0 Å². The second-order valence-electron chi connectivity index (χ2n) is 9.49. The van der Waals surface area contributed by atoms with Gasteiger partial charge in [-0.15, -0.1) is 11.3 Å². The van der Waals surface area contributed by atoms with Crippen molar-refractivity contribution in [3.05, 3.63) is 22.3 Å². The molecular formula is C24H36N4O3S2. The SMILES string of the molecule is Cc1nc(-c2cc(S(=O)(=O)N(C)C3CCCCC3)c(C)n2C)sc1C(=O)N1CCCCCC1. The van der Waals surface area contributed by atoms with Crippen molar-refractivity contribution in [3.8, 4) is 10.7 Å². The first-order valence-electron chi connectivity index (χ1n) is 12.1. The van der Waals surface area contributed by atoms with Gasteiger partial charge in [0.05, 0.1) is 11.4 Å². The molecule has 1 aliphatic carbocycles. The molecule has 1 aliphatic heterocycles. The van der Waals surface area contributed by atoms with Crippen LogP contribution in [0, 0.1) is 13.8 Å². The molecule has 0 unspecified atom stereocenters. The molecule has 1 saturated carbocycles. The molecule has 0 atom stereocenters. The van der Waals surface area contributed by atoms with Gasteiger partial charge in [-0.1, -0.05) is 32.1 Å². The van der Waals surface area contributed by atoms with E-state index in [1.54, 1.807) is 17.4 Å². The molecule has 0 aromatic carbocycles. The molecule has 4 rings (SSSR count). The lowest BCUT2D eigenvalue weighted by Crippen LogP contribution is -2.38. The number of sulfonamides is 1. The van der Waals surface area contributed by atoms with Gasteiger partial charge in [0.25, 0.3) is 5.91 Å². The normalized spacial score (nSPS) is 18.6. The zero-order valence-electron chi connectivity index (χ0n) is 20.3. The van der Waals surface area contributed by atoms with Crippen molar-refractivity contribution in [2.45, 2.75) is 82.6 Å². The van der Waals surface area contributed by atoms with Crippen molar-refractivity contribution in [2.24, 2.45) is 7.05 Å². The van der Waals surface area contributed by atoms with Gasteiger partial charge in [-0.2, -0.15) is 4.31 Å². The van der Waals surface area contributed by atoms with Crippen LogP contribution < -0.4 is 0 Å². The fourth-order valence-electron chi connectivity index (χ4n) is 5.06. The van der Waals surface area contributed by atoms with E-state index in [0.29, 0.717) is 26.2 Å². The molecular weight excluding hydrogens is 456 g/mol. The lowest BCUT2D eigenvalue weighted by atomic mass is 9.96. The molecule has 33 heavy (non-hydrogen) atoms. The highest BCUT2D eigenvalue weighted by Crippen LogP contribution is 2.35. The average molecular weight is 493 g/mol. The zero-order valence-corrected chi connectivity index (χ0v) is 21.9. The summed E-state index contributed by atoms with van der Waals surface area (Å²) in [5, 5.41) is 0.693. The zero-order chi connectivity index (χ0) is 23.8. The molecule has 9 heteroatoms. The van der Waals surface area contributed by atoms with Crippen molar-refractivity contribution < 1.29 is 13.2 Å². The summed E-state index contributed by atoms with van der Waals surface area (Å²) in [5.41, 5.74) is 2.15. The third-order valence-electron chi connectivity index (χ3n) is 7.34. The summed E-state index contributed by atoms with van der Waals surface area (Å²) in [6.07, 6.45) is 9.61. The second kappa shape index (κ2) is 9.88. The van der Waals surface area contributed by atoms with Gasteiger partial charge in [0, 0.05) is 38.9 Å². The summed E-state index contributed by atoms with van der Waals surface area (Å²) in [6.45, 7) is 5.31. The van der Waals surface area contributed by atoms with Crippen LogP contribution in [0.1, 0.15) is 78.8 Å². The molecule has 182 valence electrons. The number of likely N-dealkylation sites (tertiary alicyclic amines) is 1. The van der Waals surface area contributed by atoms with Crippen molar-refractivity contribution in [1.29, 1.82) is 0 Å². The highest BCUT2D eigenvalue weighted by Gasteiger charge is 2.33. The third-order valence-corrected chi connectivity index (χ3v) is 10.5. The van der Waals surface area contributed by atoms with Crippen LogP contribution in [-0.4, -0.2) is 59.3 Å². The van der Waals surface area contributed by atoms with E-state index in [4.69, 9.17) is 4.98 Å². The van der Waals surface area contributed by atoms with Crippen LogP contribution in [0.15, 0.2) is 11.0 Å². The number of nitrogens with zero attached hydrogens (tertiary/aromatic N) is 4. The molecule has 0 radical (unpaired) electrons. The number of hydrogen-bond donors (Lipinski definition) is 0. The lowest BCUT2D eigenvalue weighted by Gasteiger charge is -2.30. The Balaban J connectivity index is 1.64. The Morgan fingerprint density at radius 2 is 1.67 bits per heavy atom. The Bertz CT molecular complexity index is 1110. The Kier molecular flexibility index (Phi) is 7.31. The Morgan fingerprint density at radius 1 is 1.06 bits per heavy atom. The van der Waals surface area contributed by atoms with Gasteiger partial charge in [0.1, 0.15) is 14.8 Å². The molecule has 1 amide bonds. The lowest BCUT2D eigenvalue weighted by molar-refractivity contribution is 0.0765. The maximum atomic E-state index is 13.5. The highest BCUT2D eigenvalue weighted by atomic mass is 32.2. The largest absolute Gasteiger partial charge is 0.345 e. The number of amides is 1. The van der Waals surface area contributed by atoms with Crippen LogP contribution in [0.3, 0.4) is 0 Å². The number of rotatable bonds is 5. The minimum atomic E-state index is -3.61. The van der Waals surface area contributed by atoms with E-state index < -0.39 is 10.0 Å². The van der Waals surface area contributed by atoms with E-state index in [-0.39, 0.29) is 11.9 Å². The molecule has 0 bridgehead atoms. The second-order valence-corrected chi connectivity index (χ2v) is 12.5. The number of carbonyl (C=O) groups excluding carboxylic acids is 1. The Labute approximate surface area is 201 Å². The quantitative estimate of drug-likeness (QED) is 0.604. The van der Waals surface area contributed by atoms with E-state index >= 15 is 0 Å². The van der Waals surface area contributed by atoms with Crippen molar-refractivity contribution >= 4 is 27.3 Å². The minimum absolute atomic E-state index is 0.0500. The van der Waals surface area contributed by atoms with Gasteiger partial charge >= 0.3 is 0 Å². The molecule has 2 aromatic heterocycles. The average Bonchev–Trinajstić information content (AvgIpc) is 3.19. The third kappa shape index (κ3) is 4.77. The fraction of sp³-hybridized carbons (Fsp3) is 0.667. The molecule has 2 aromatic rings. The topological polar surface area (TPSA) is 75.5 Å². The van der Waals surface area contributed by atoms with Crippen LogP contribution in [0.5, 0.6) is 0 Å². The van der Waals surface area contributed by atoms with Crippen molar-refractivity contribution in [2.75, 3.05) is 20.1 Å². The predicted octanol–water partition coefficient (Wildman–Crippen LogP) is 4.73. The van der Waals surface area contributed by atoms with E-state index in [1.165, 1.54) is 30.6 Å². The molecule has 7 nitrogen and oxygen atoms in total. The van der Waals surface area contributed by atoms with Gasteiger partial charge in [0.15, 0.2) is 0 Å². The molecule has 1 saturated heterocycles. The minimum Gasteiger partial charge on any atom is -0.345 e. The van der Waals surface area contributed by atoms with Crippen LogP contribution in [-0.2, 0) is 17.1 Å². The first-order chi connectivity index (χ1) is 15.7. The predicted molar refractivity (Wildman–Crippen MR) is 132 cm³/mol. The van der Waals surface area contributed by atoms with E-state index in [1.807, 2.05) is 30.4 Å². The van der Waals surface area contributed by atoms with Crippen LogP contribution >= 0.6 is 11.3 Å². The number of aromatic nitrogens is 2. The maximum absolute atomic E-state index is 13.5. The molecule has 0 N–H and O–H groups in total. The molecule has 3 heterocycles. The highest BCUT2D eigenvalue weighted by molar-refractivity contribution is 7.89. The number of thiazole rings is 1. The van der Waals surface area contributed by atoms with Gasteiger partial charge in [-0.05, 0) is 45.6 Å². The van der Waals surface area contributed by atoms with Gasteiger partial charge in [-0.25, -0.2) is 13.4 Å². The number of hydrogen-bond acceptors (Lipinski definition) is 5. The van der Waals surface area contributed by atoms with Crippen molar-refractivity contribution in [3.63, 3.8) is 0 Å². The van der Waals surface area contributed by atoms with Crippen LogP contribution in [0.25, 0.3) is 10.7 Å². The van der Waals surface area contributed by atoms with Gasteiger partial charge in [-0.3, -0.25) is 4.79 Å². The molecule has 2 fully saturated rings. The van der Waals surface area contributed by atoms with E-state index in [0.717, 1.165) is 57.3 Å². The molecule has 0 spiro atoms. The molecule has 2 aliphatic rings. The first kappa shape index (κ1) is 24.4. The van der Waals surface area contributed by atoms with Crippen molar-refractivity contribution in [1.82, 2.24) is 18.8 Å². The number of carbonyl (C=O) groups is 1. The monoisotopic (exact) mass is 492 g/mol. The Morgan fingerprint density at radius 3 is 2.30 bits per heavy atom. The van der Waals surface area contributed by atoms with E-state index in [2.05, 4.69) is 0 Å². The summed E-state index contributed by atoms with van der Waals surface area (Å²) in [5.74, 6) is 0.0500. The summed E-state index contributed by atoms with van der Waals surface area (Å²) in [7, 11) is -0.0220. The summed E-state index contributed by atoms with van der Waals surface area (Å²) < 4.78 is 30.5. The maximum Gasteiger partial charge on any atom is 0.265 e. The fourth-order valence-corrected chi connectivity index (χ4v) is 7.83. The Hall–Kier alpha value is -1.71. The summed E-state index contributed by atoms with van der Waals surface area (Å²) >= 11 is 1.37. The number of aryl methyl sites for hydroxylation is 1. The van der Waals surface area contributed by atoms with Crippen LogP contribution in [0.4, 0.5) is 0 Å². The first-order valence-corrected chi connectivity index (χ1v) is 14.4. The summed E-state index contributed by atoms with van der Waals surface area (Å²) in [4.78, 5) is 20.8.